The van der Waals surface area contributed by atoms with Crippen LogP contribution in [0.15, 0.2) is 54.2 Å². The third-order valence-electron chi connectivity index (χ3n) is 4.96. The minimum Gasteiger partial charge on any atom is -0.356 e. The van der Waals surface area contributed by atoms with Gasteiger partial charge in [0.1, 0.15) is 24.8 Å². The predicted molar refractivity (Wildman–Crippen MR) is 110 cm³/mol. The summed E-state index contributed by atoms with van der Waals surface area (Å²) in [7, 11) is -3.27. The van der Waals surface area contributed by atoms with E-state index >= 15 is 0 Å². The van der Waals surface area contributed by atoms with Crippen molar-refractivity contribution in [3.63, 3.8) is 0 Å². The van der Waals surface area contributed by atoms with Crippen molar-refractivity contribution >= 4 is 27.2 Å². The quantitative estimate of drug-likeness (QED) is 0.647. The Morgan fingerprint density at radius 1 is 1.13 bits per heavy atom. The SMILES string of the molecule is CS(=O)(=O)c1ccc(NC(=O)C2CCCN(c3cc(-n4cncn4)ncn3)C2)cc1. The predicted octanol–water partition coefficient (Wildman–Crippen LogP) is 1.32. The molecule has 1 atom stereocenters. The van der Waals surface area contributed by atoms with E-state index < -0.39 is 9.84 Å². The van der Waals surface area contributed by atoms with E-state index in [9.17, 15) is 13.2 Å². The highest BCUT2D eigenvalue weighted by molar-refractivity contribution is 7.90. The zero-order valence-electron chi connectivity index (χ0n) is 16.3. The number of aromatic nitrogens is 5. The van der Waals surface area contributed by atoms with Crippen molar-refractivity contribution in [2.45, 2.75) is 17.7 Å². The van der Waals surface area contributed by atoms with Crippen LogP contribution < -0.4 is 10.2 Å². The largest absolute Gasteiger partial charge is 0.356 e. The van der Waals surface area contributed by atoms with E-state index in [1.807, 2.05) is 6.07 Å². The molecule has 0 spiro atoms. The number of anilines is 2. The molecule has 1 unspecified atom stereocenters. The van der Waals surface area contributed by atoms with Gasteiger partial charge in [-0.2, -0.15) is 5.10 Å². The molecule has 1 amide bonds. The summed E-state index contributed by atoms with van der Waals surface area (Å²) in [5, 5.41) is 6.96. The molecule has 3 heterocycles. The minimum absolute atomic E-state index is 0.0997. The van der Waals surface area contributed by atoms with E-state index in [4.69, 9.17) is 0 Å². The van der Waals surface area contributed by atoms with E-state index in [0.29, 0.717) is 18.1 Å². The maximum atomic E-state index is 12.8. The van der Waals surface area contributed by atoms with Crippen LogP contribution in [-0.4, -0.2) is 58.4 Å². The molecule has 4 rings (SSSR count). The minimum atomic E-state index is -3.27. The van der Waals surface area contributed by atoms with Crippen LogP contribution in [-0.2, 0) is 14.6 Å². The molecule has 1 aliphatic rings. The van der Waals surface area contributed by atoms with Gasteiger partial charge in [-0.05, 0) is 37.1 Å². The third kappa shape index (κ3) is 4.46. The first-order chi connectivity index (χ1) is 14.4. The van der Waals surface area contributed by atoms with Gasteiger partial charge in [-0.15, -0.1) is 0 Å². The van der Waals surface area contributed by atoms with Gasteiger partial charge < -0.3 is 10.2 Å². The van der Waals surface area contributed by atoms with Gasteiger partial charge >= 0.3 is 0 Å². The molecule has 0 saturated carbocycles. The summed E-state index contributed by atoms with van der Waals surface area (Å²) < 4.78 is 24.7. The Morgan fingerprint density at radius 2 is 1.90 bits per heavy atom. The first-order valence-corrected chi connectivity index (χ1v) is 11.3. The van der Waals surface area contributed by atoms with Gasteiger partial charge in [-0.3, -0.25) is 4.79 Å². The Balaban J connectivity index is 1.44. The number of carbonyl (C=O) groups is 1. The lowest BCUT2D eigenvalue weighted by molar-refractivity contribution is -0.120. The molecule has 11 heteroatoms. The first kappa shape index (κ1) is 20.0. The number of amides is 1. The molecule has 2 aromatic heterocycles. The fourth-order valence-corrected chi connectivity index (χ4v) is 4.02. The molecular formula is C19H21N7O3S. The first-order valence-electron chi connectivity index (χ1n) is 9.43. The Morgan fingerprint density at radius 3 is 2.60 bits per heavy atom. The molecule has 0 radical (unpaired) electrons. The van der Waals surface area contributed by atoms with Crippen LogP contribution in [0.1, 0.15) is 12.8 Å². The number of nitrogens with one attached hydrogen (secondary N) is 1. The average Bonchev–Trinajstić information content (AvgIpc) is 3.29. The summed E-state index contributed by atoms with van der Waals surface area (Å²) in [4.78, 5) is 27.5. The molecule has 0 bridgehead atoms. The Kier molecular flexibility index (Phi) is 5.44. The molecule has 30 heavy (non-hydrogen) atoms. The Bertz CT molecular complexity index is 1130. The van der Waals surface area contributed by atoms with Crippen LogP contribution in [0, 0.1) is 5.92 Å². The molecule has 1 fully saturated rings. The third-order valence-corrected chi connectivity index (χ3v) is 6.09. The van der Waals surface area contributed by atoms with E-state index in [2.05, 4.69) is 30.3 Å². The summed E-state index contributed by atoms with van der Waals surface area (Å²) in [6.07, 6.45) is 7.25. The van der Waals surface area contributed by atoms with Gasteiger partial charge in [-0.1, -0.05) is 0 Å². The standard InChI is InChI=1S/C19H21N7O3S/c1-30(28,29)16-6-4-15(5-7-16)24-19(27)14-3-2-8-25(10-14)17-9-18(22-12-21-17)26-13-20-11-23-26/h4-7,9,11-14H,2-3,8,10H2,1H3,(H,24,27). The van der Waals surface area contributed by atoms with Gasteiger partial charge in [0.25, 0.3) is 0 Å². The average molecular weight is 427 g/mol. The molecule has 1 aromatic carbocycles. The molecule has 1 N–H and O–H groups in total. The number of hydrogen-bond acceptors (Lipinski definition) is 8. The Hall–Kier alpha value is -3.34. The molecule has 10 nitrogen and oxygen atoms in total. The van der Waals surface area contributed by atoms with Crippen LogP contribution in [0.3, 0.4) is 0 Å². The summed E-state index contributed by atoms with van der Waals surface area (Å²) in [6.45, 7) is 1.32. The summed E-state index contributed by atoms with van der Waals surface area (Å²) in [5.41, 5.74) is 0.569. The van der Waals surface area contributed by atoms with Crippen molar-refractivity contribution in [1.82, 2.24) is 24.7 Å². The van der Waals surface area contributed by atoms with Gasteiger partial charge in [-0.25, -0.2) is 28.1 Å². The van der Waals surface area contributed by atoms with Crippen molar-refractivity contribution in [2.24, 2.45) is 5.92 Å². The van der Waals surface area contributed by atoms with Crippen LogP contribution >= 0.6 is 0 Å². The van der Waals surface area contributed by atoms with Crippen molar-refractivity contribution < 1.29 is 13.2 Å². The zero-order valence-corrected chi connectivity index (χ0v) is 17.2. The highest BCUT2D eigenvalue weighted by atomic mass is 32.2. The monoisotopic (exact) mass is 427 g/mol. The van der Waals surface area contributed by atoms with Crippen molar-refractivity contribution in [2.75, 3.05) is 29.6 Å². The van der Waals surface area contributed by atoms with E-state index in [1.165, 1.54) is 24.8 Å². The number of hydrogen-bond donors (Lipinski definition) is 1. The van der Waals surface area contributed by atoms with Crippen molar-refractivity contribution in [1.29, 1.82) is 0 Å². The van der Waals surface area contributed by atoms with Gasteiger partial charge in [0, 0.05) is 31.1 Å². The van der Waals surface area contributed by atoms with Crippen LogP contribution in [0.25, 0.3) is 5.82 Å². The fourth-order valence-electron chi connectivity index (χ4n) is 3.39. The number of nitrogens with zero attached hydrogens (tertiary/aromatic N) is 6. The highest BCUT2D eigenvalue weighted by Gasteiger charge is 2.27. The molecule has 1 aliphatic heterocycles. The number of carbonyl (C=O) groups excluding carboxylic acids is 1. The maximum Gasteiger partial charge on any atom is 0.229 e. The lowest BCUT2D eigenvalue weighted by Gasteiger charge is -2.32. The normalized spacial score (nSPS) is 17.0. The molecule has 156 valence electrons. The number of benzene rings is 1. The van der Waals surface area contributed by atoms with Crippen LogP contribution in [0.5, 0.6) is 0 Å². The molecule has 1 saturated heterocycles. The number of sulfone groups is 1. The van der Waals surface area contributed by atoms with E-state index in [1.54, 1.807) is 23.1 Å². The van der Waals surface area contributed by atoms with Crippen LogP contribution in [0.2, 0.25) is 0 Å². The van der Waals surface area contributed by atoms with Gasteiger partial charge in [0.15, 0.2) is 15.7 Å². The second-order valence-corrected chi connectivity index (χ2v) is 9.16. The molecule has 3 aromatic rings. The van der Waals surface area contributed by atoms with Crippen molar-refractivity contribution in [3.8, 4) is 5.82 Å². The zero-order chi connectivity index (χ0) is 21.1. The summed E-state index contributed by atoms with van der Waals surface area (Å²) >= 11 is 0. The fraction of sp³-hybridized carbons (Fsp3) is 0.316. The highest BCUT2D eigenvalue weighted by Crippen LogP contribution is 2.24. The van der Waals surface area contributed by atoms with E-state index in [0.717, 1.165) is 31.5 Å². The Labute approximate surface area is 173 Å². The maximum absolute atomic E-state index is 12.8. The van der Waals surface area contributed by atoms with E-state index in [-0.39, 0.29) is 16.7 Å². The summed E-state index contributed by atoms with van der Waals surface area (Å²) in [6, 6.07) is 8.00. The molecule has 0 aliphatic carbocycles. The van der Waals surface area contributed by atoms with Crippen LogP contribution in [0.4, 0.5) is 11.5 Å². The summed E-state index contributed by atoms with van der Waals surface area (Å²) in [5.74, 6) is 1.02. The lowest BCUT2D eigenvalue weighted by Crippen LogP contribution is -2.41. The molecular weight excluding hydrogens is 406 g/mol. The number of piperidine rings is 1. The van der Waals surface area contributed by atoms with Gasteiger partial charge in [0.05, 0.1) is 10.8 Å². The smallest absolute Gasteiger partial charge is 0.229 e. The second kappa shape index (κ2) is 8.19. The topological polar surface area (TPSA) is 123 Å². The second-order valence-electron chi connectivity index (χ2n) is 7.15. The van der Waals surface area contributed by atoms with Crippen molar-refractivity contribution in [3.05, 3.63) is 49.3 Å². The number of rotatable bonds is 5. The lowest BCUT2D eigenvalue weighted by atomic mass is 9.97. The van der Waals surface area contributed by atoms with Gasteiger partial charge in [0.2, 0.25) is 5.91 Å².